The van der Waals surface area contributed by atoms with E-state index in [0.29, 0.717) is 19.3 Å². The van der Waals surface area contributed by atoms with Gasteiger partial charge in [0.05, 0.1) is 5.60 Å². The summed E-state index contributed by atoms with van der Waals surface area (Å²) in [6.45, 7) is 11.1. The van der Waals surface area contributed by atoms with Gasteiger partial charge in [0.2, 0.25) is 0 Å². The third kappa shape index (κ3) is 7.70. The molecule has 96 valence electrons. The van der Waals surface area contributed by atoms with Crippen LogP contribution in [0.15, 0.2) is 36.0 Å². The van der Waals surface area contributed by atoms with Crippen LogP contribution in [-0.4, -0.2) is 16.5 Å². The molecule has 0 amide bonds. The summed E-state index contributed by atoms with van der Waals surface area (Å²) in [6, 6.07) is 0. The summed E-state index contributed by atoms with van der Waals surface area (Å²) in [4.78, 5) is 11.7. The first kappa shape index (κ1) is 15.9. The van der Waals surface area contributed by atoms with Crippen molar-refractivity contribution in [3.63, 3.8) is 0 Å². The number of carbonyl (C=O) groups excluding carboxylic acids is 1. The predicted molar refractivity (Wildman–Crippen MR) is 72.9 cm³/mol. The lowest BCUT2D eigenvalue weighted by molar-refractivity contribution is -0.114. The van der Waals surface area contributed by atoms with Crippen LogP contribution in [0.4, 0.5) is 0 Å². The summed E-state index contributed by atoms with van der Waals surface area (Å²) in [6.07, 6.45) is 7.08. The maximum absolute atomic E-state index is 11.7. The molecule has 0 rings (SSSR count). The van der Waals surface area contributed by atoms with Crippen molar-refractivity contribution in [1.82, 2.24) is 0 Å². The standard InChI is InChI=1S/C15H24O2/c1-6-15(5,17)11-7-8-13(4)14(16)10-9-12(2)3/h6,8-9,17H,1,7,10-11H2,2-5H3/b13-8+/t15-/m0/s1. The molecule has 0 unspecified atom stereocenters. The second-order valence-electron chi connectivity index (χ2n) is 4.90. The van der Waals surface area contributed by atoms with E-state index in [1.807, 2.05) is 32.9 Å². The Labute approximate surface area is 105 Å². The van der Waals surface area contributed by atoms with Crippen molar-refractivity contribution in [2.45, 2.75) is 52.6 Å². The molecule has 0 aromatic carbocycles. The summed E-state index contributed by atoms with van der Waals surface area (Å²) >= 11 is 0. The number of carbonyl (C=O) groups is 1. The molecule has 0 saturated carbocycles. The van der Waals surface area contributed by atoms with Crippen LogP contribution in [0, 0.1) is 0 Å². The number of hydrogen-bond acceptors (Lipinski definition) is 2. The summed E-state index contributed by atoms with van der Waals surface area (Å²) in [7, 11) is 0. The van der Waals surface area contributed by atoms with E-state index in [4.69, 9.17) is 0 Å². The number of allylic oxidation sites excluding steroid dienone is 4. The minimum atomic E-state index is -0.847. The largest absolute Gasteiger partial charge is 0.386 e. The quantitative estimate of drug-likeness (QED) is 0.542. The van der Waals surface area contributed by atoms with E-state index in [2.05, 4.69) is 6.58 Å². The maximum atomic E-state index is 11.7. The normalized spacial score (nSPS) is 15.0. The molecular weight excluding hydrogens is 212 g/mol. The van der Waals surface area contributed by atoms with Gasteiger partial charge in [-0.2, -0.15) is 0 Å². The van der Waals surface area contributed by atoms with Crippen LogP contribution < -0.4 is 0 Å². The molecule has 0 radical (unpaired) electrons. The van der Waals surface area contributed by atoms with Crippen LogP contribution in [0.25, 0.3) is 0 Å². The molecule has 0 fully saturated rings. The Balaban J connectivity index is 4.22. The monoisotopic (exact) mass is 236 g/mol. The van der Waals surface area contributed by atoms with Crippen molar-refractivity contribution in [3.8, 4) is 0 Å². The van der Waals surface area contributed by atoms with E-state index < -0.39 is 5.60 Å². The van der Waals surface area contributed by atoms with Gasteiger partial charge in [0.1, 0.15) is 0 Å². The smallest absolute Gasteiger partial charge is 0.162 e. The van der Waals surface area contributed by atoms with E-state index in [1.165, 1.54) is 6.08 Å². The molecular formula is C15H24O2. The first-order valence-corrected chi connectivity index (χ1v) is 5.98. The van der Waals surface area contributed by atoms with Gasteiger partial charge in [0.15, 0.2) is 5.78 Å². The average molecular weight is 236 g/mol. The van der Waals surface area contributed by atoms with Crippen LogP contribution in [0.5, 0.6) is 0 Å². The van der Waals surface area contributed by atoms with E-state index in [9.17, 15) is 9.90 Å². The third-order valence-electron chi connectivity index (χ3n) is 2.68. The molecule has 0 aliphatic rings. The van der Waals surface area contributed by atoms with Crippen molar-refractivity contribution in [3.05, 3.63) is 36.0 Å². The molecule has 0 aromatic heterocycles. The fourth-order valence-electron chi connectivity index (χ4n) is 1.25. The Morgan fingerprint density at radius 1 is 1.29 bits per heavy atom. The highest BCUT2D eigenvalue weighted by atomic mass is 16.3. The van der Waals surface area contributed by atoms with E-state index in [0.717, 1.165) is 11.1 Å². The lowest BCUT2D eigenvalue weighted by atomic mass is 9.99. The molecule has 0 heterocycles. The van der Waals surface area contributed by atoms with Crippen molar-refractivity contribution < 1.29 is 9.90 Å². The van der Waals surface area contributed by atoms with Crippen molar-refractivity contribution in [1.29, 1.82) is 0 Å². The summed E-state index contributed by atoms with van der Waals surface area (Å²) in [5, 5.41) is 9.71. The molecule has 17 heavy (non-hydrogen) atoms. The Morgan fingerprint density at radius 2 is 1.88 bits per heavy atom. The highest BCUT2D eigenvalue weighted by Gasteiger charge is 2.13. The Hall–Kier alpha value is -1.15. The second kappa shape index (κ2) is 7.23. The fraction of sp³-hybridized carbons (Fsp3) is 0.533. The number of rotatable bonds is 7. The molecule has 0 aliphatic heterocycles. The van der Waals surface area contributed by atoms with E-state index in [1.54, 1.807) is 6.92 Å². The Bertz CT molecular complexity index is 329. The number of ketones is 1. The zero-order valence-corrected chi connectivity index (χ0v) is 11.4. The first-order valence-electron chi connectivity index (χ1n) is 5.98. The third-order valence-corrected chi connectivity index (χ3v) is 2.68. The highest BCUT2D eigenvalue weighted by Crippen LogP contribution is 2.14. The van der Waals surface area contributed by atoms with Gasteiger partial charge in [0.25, 0.3) is 0 Å². The van der Waals surface area contributed by atoms with Crippen LogP contribution in [0.2, 0.25) is 0 Å². The topological polar surface area (TPSA) is 37.3 Å². The Morgan fingerprint density at radius 3 is 2.35 bits per heavy atom. The lowest BCUT2D eigenvalue weighted by Gasteiger charge is -2.16. The predicted octanol–water partition coefficient (Wildman–Crippen LogP) is 3.58. The van der Waals surface area contributed by atoms with Gasteiger partial charge in [-0.25, -0.2) is 0 Å². The van der Waals surface area contributed by atoms with Gasteiger partial charge in [-0.05, 0) is 46.1 Å². The molecule has 1 atom stereocenters. The van der Waals surface area contributed by atoms with Gasteiger partial charge in [-0.3, -0.25) is 4.79 Å². The Kier molecular flexibility index (Phi) is 6.74. The summed E-state index contributed by atoms with van der Waals surface area (Å²) in [5.74, 6) is 0.143. The lowest BCUT2D eigenvalue weighted by Crippen LogP contribution is -2.19. The molecule has 0 bridgehead atoms. The number of aliphatic hydroxyl groups is 1. The first-order chi connectivity index (χ1) is 7.78. The average Bonchev–Trinajstić information content (AvgIpc) is 2.25. The van der Waals surface area contributed by atoms with Gasteiger partial charge in [-0.1, -0.05) is 23.8 Å². The molecule has 2 nitrogen and oxygen atoms in total. The molecule has 0 aromatic rings. The number of Topliss-reactive ketones (excluding diaryl/α,β-unsaturated/α-hetero) is 1. The second-order valence-corrected chi connectivity index (χ2v) is 4.90. The van der Waals surface area contributed by atoms with Crippen molar-refractivity contribution in [2.75, 3.05) is 0 Å². The molecule has 2 heteroatoms. The molecule has 0 aliphatic carbocycles. The number of hydrogen-bond donors (Lipinski definition) is 1. The van der Waals surface area contributed by atoms with Crippen molar-refractivity contribution in [2.24, 2.45) is 0 Å². The minimum Gasteiger partial charge on any atom is -0.386 e. The highest BCUT2D eigenvalue weighted by molar-refractivity contribution is 5.95. The van der Waals surface area contributed by atoms with Crippen molar-refractivity contribution >= 4 is 5.78 Å². The van der Waals surface area contributed by atoms with E-state index in [-0.39, 0.29) is 5.78 Å². The SMILES string of the molecule is C=C[C@](C)(O)CC/C=C(\C)C(=O)CC=C(C)C. The van der Waals surface area contributed by atoms with Crippen LogP contribution >= 0.6 is 0 Å². The minimum absolute atomic E-state index is 0.143. The zero-order valence-electron chi connectivity index (χ0n) is 11.4. The van der Waals surface area contributed by atoms with Gasteiger partial charge >= 0.3 is 0 Å². The molecule has 1 N–H and O–H groups in total. The fourth-order valence-corrected chi connectivity index (χ4v) is 1.25. The van der Waals surface area contributed by atoms with Gasteiger partial charge < -0.3 is 5.11 Å². The van der Waals surface area contributed by atoms with Crippen LogP contribution in [0.1, 0.15) is 47.0 Å². The summed E-state index contributed by atoms with van der Waals surface area (Å²) in [5.41, 5.74) is 1.07. The van der Waals surface area contributed by atoms with Crippen LogP contribution in [0.3, 0.4) is 0 Å². The van der Waals surface area contributed by atoms with Crippen LogP contribution in [-0.2, 0) is 4.79 Å². The van der Waals surface area contributed by atoms with Gasteiger partial charge in [-0.15, -0.1) is 6.58 Å². The maximum Gasteiger partial charge on any atom is 0.162 e. The van der Waals surface area contributed by atoms with Gasteiger partial charge in [0, 0.05) is 6.42 Å². The molecule has 0 saturated heterocycles. The van der Waals surface area contributed by atoms with E-state index >= 15 is 0 Å². The molecule has 0 spiro atoms. The zero-order chi connectivity index (χ0) is 13.5. The summed E-state index contributed by atoms with van der Waals surface area (Å²) < 4.78 is 0.